The van der Waals surface area contributed by atoms with Crippen LogP contribution in [0.4, 0.5) is 0 Å². The largest absolute Gasteiger partial charge is 0.352 e. The Balaban J connectivity index is 0.00000256. The fourth-order valence-corrected chi connectivity index (χ4v) is 1.63. The van der Waals surface area contributed by atoms with Gasteiger partial charge < -0.3 is 11.1 Å². The fraction of sp³-hybridized carbons (Fsp3) is 0.364. The first-order valence-corrected chi connectivity index (χ1v) is 5.84. The number of unbranched alkanes of at least 4 members (excludes halogenated alkanes) is 1. The van der Waals surface area contributed by atoms with E-state index in [2.05, 4.69) is 5.32 Å². The van der Waals surface area contributed by atoms with Crippen LogP contribution in [0, 0.1) is 0 Å². The molecule has 0 saturated heterocycles. The molecule has 17 heavy (non-hydrogen) atoms. The van der Waals surface area contributed by atoms with Crippen molar-refractivity contribution in [3.63, 3.8) is 0 Å². The van der Waals surface area contributed by atoms with Crippen molar-refractivity contribution in [1.82, 2.24) is 5.32 Å². The van der Waals surface area contributed by atoms with Crippen molar-refractivity contribution < 1.29 is 4.79 Å². The van der Waals surface area contributed by atoms with E-state index in [1.54, 1.807) is 18.2 Å². The zero-order valence-electron chi connectivity index (χ0n) is 9.21. The van der Waals surface area contributed by atoms with Crippen molar-refractivity contribution in [2.75, 3.05) is 13.1 Å². The number of nitrogens with one attached hydrogen (secondary N) is 1. The summed E-state index contributed by atoms with van der Waals surface area (Å²) in [5, 5.41) is 3.44. The van der Waals surface area contributed by atoms with Crippen LogP contribution in [0.25, 0.3) is 0 Å². The second-order valence-corrected chi connectivity index (χ2v) is 4.14. The summed E-state index contributed by atoms with van der Waals surface area (Å²) in [5.41, 5.74) is 5.75. The summed E-state index contributed by atoms with van der Waals surface area (Å²) in [6, 6.07) is 4.99. The maximum absolute atomic E-state index is 11.7. The smallest absolute Gasteiger partial charge is 0.252 e. The predicted molar refractivity (Wildman–Crippen MR) is 74.3 cm³/mol. The Labute approximate surface area is 117 Å². The highest BCUT2D eigenvalue weighted by Gasteiger charge is 2.11. The van der Waals surface area contributed by atoms with Gasteiger partial charge in [0, 0.05) is 6.54 Å². The second-order valence-electron chi connectivity index (χ2n) is 3.35. The van der Waals surface area contributed by atoms with Gasteiger partial charge in [-0.1, -0.05) is 29.3 Å². The van der Waals surface area contributed by atoms with Gasteiger partial charge in [0.2, 0.25) is 0 Å². The van der Waals surface area contributed by atoms with Gasteiger partial charge in [-0.15, -0.1) is 12.4 Å². The van der Waals surface area contributed by atoms with Gasteiger partial charge in [-0.2, -0.15) is 0 Å². The quantitative estimate of drug-likeness (QED) is 0.821. The van der Waals surface area contributed by atoms with Gasteiger partial charge in [0.05, 0.1) is 15.6 Å². The predicted octanol–water partition coefficient (Wildman–Crippen LogP) is 2.88. The fourth-order valence-electron chi connectivity index (χ4n) is 1.25. The van der Waals surface area contributed by atoms with Crippen LogP contribution in [0.5, 0.6) is 0 Å². The number of carbonyl (C=O) groups excluding carboxylic acids is 1. The molecule has 1 aromatic carbocycles. The van der Waals surface area contributed by atoms with Crippen LogP contribution >= 0.6 is 35.6 Å². The van der Waals surface area contributed by atoms with E-state index in [4.69, 9.17) is 28.9 Å². The van der Waals surface area contributed by atoms with Crippen molar-refractivity contribution in [2.24, 2.45) is 5.73 Å². The molecule has 0 bridgehead atoms. The third kappa shape index (κ3) is 5.13. The van der Waals surface area contributed by atoms with Gasteiger partial charge in [0.25, 0.3) is 5.91 Å². The number of hydrogen-bond acceptors (Lipinski definition) is 2. The molecule has 1 rings (SSSR count). The molecule has 0 unspecified atom stereocenters. The lowest BCUT2D eigenvalue weighted by Gasteiger charge is -2.07. The lowest BCUT2D eigenvalue weighted by atomic mass is 10.2. The molecule has 0 atom stereocenters. The topological polar surface area (TPSA) is 55.1 Å². The summed E-state index contributed by atoms with van der Waals surface area (Å²) in [4.78, 5) is 11.7. The van der Waals surface area contributed by atoms with Crippen LogP contribution in [0.2, 0.25) is 10.0 Å². The maximum atomic E-state index is 11.7. The second kappa shape index (κ2) is 8.59. The monoisotopic (exact) mass is 296 g/mol. The average Bonchev–Trinajstić information content (AvgIpc) is 2.28. The molecule has 1 aromatic rings. The average molecular weight is 298 g/mol. The summed E-state index contributed by atoms with van der Waals surface area (Å²) in [6.07, 6.45) is 1.75. The maximum Gasteiger partial charge on any atom is 0.252 e. The first-order chi connectivity index (χ1) is 7.66. The molecule has 0 saturated carbocycles. The summed E-state index contributed by atoms with van der Waals surface area (Å²) in [5.74, 6) is -0.204. The Morgan fingerprint density at radius 1 is 1.29 bits per heavy atom. The number of amides is 1. The minimum atomic E-state index is -0.204. The Hall–Kier alpha value is -0.480. The lowest BCUT2D eigenvalue weighted by Crippen LogP contribution is -2.25. The zero-order valence-corrected chi connectivity index (χ0v) is 11.5. The molecule has 1 amide bonds. The normalized spacial score (nSPS) is 9.59. The van der Waals surface area contributed by atoms with Crippen molar-refractivity contribution in [3.8, 4) is 0 Å². The first kappa shape index (κ1) is 16.5. The van der Waals surface area contributed by atoms with E-state index in [-0.39, 0.29) is 18.3 Å². The van der Waals surface area contributed by atoms with Crippen molar-refractivity contribution in [1.29, 1.82) is 0 Å². The van der Waals surface area contributed by atoms with Crippen molar-refractivity contribution in [3.05, 3.63) is 33.8 Å². The molecular formula is C11H15Cl3N2O. The molecule has 0 spiro atoms. The number of rotatable bonds is 5. The molecule has 0 fully saturated rings. The Kier molecular flexibility index (Phi) is 8.35. The van der Waals surface area contributed by atoms with E-state index in [9.17, 15) is 4.79 Å². The minimum Gasteiger partial charge on any atom is -0.352 e. The van der Waals surface area contributed by atoms with E-state index < -0.39 is 0 Å². The molecule has 3 nitrogen and oxygen atoms in total. The number of benzene rings is 1. The third-order valence-electron chi connectivity index (χ3n) is 2.11. The summed E-state index contributed by atoms with van der Waals surface area (Å²) in [7, 11) is 0. The van der Waals surface area contributed by atoms with Gasteiger partial charge in [-0.3, -0.25) is 4.79 Å². The van der Waals surface area contributed by atoms with E-state index in [1.165, 1.54) is 0 Å². The van der Waals surface area contributed by atoms with Gasteiger partial charge in [0.15, 0.2) is 0 Å². The van der Waals surface area contributed by atoms with Crippen LogP contribution in [0.15, 0.2) is 18.2 Å². The highest BCUT2D eigenvalue weighted by Crippen LogP contribution is 2.25. The van der Waals surface area contributed by atoms with Gasteiger partial charge in [-0.25, -0.2) is 0 Å². The van der Waals surface area contributed by atoms with Crippen LogP contribution in [0.1, 0.15) is 23.2 Å². The van der Waals surface area contributed by atoms with Gasteiger partial charge in [0.1, 0.15) is 0 Å². The van der Waals surface area contributed by atoms with Crippen LogP contribution < -0.4 is 11.1 Å². The van der Waals surface area contributed by atoms with E-state index in [1.807, 2.05) is 0 Å². The zero-order chi connectivity index (χ0) is 12.0. The Morgan fingerprint density at radius 3 is 2.65 bits per heavy atom. The number of nitrogens with two attached hydrogens (primary N) is 1. The number of carbonyl (C=O) groups is 1. The van der Waals surface area contributed by atoms with Gasteiger partial charge >= 0.3 is 0 Å². The Bertz CT molecular complexity index is 372. The summed E-state index contributed by atoms with van der Waals surface area (Å²) < 4.78 is 0. The molecule has 3 N–H and O–H groups in total. The molecule has 96 valence electrons. The molecule has 6 heteroatoms. The highest BCUT2D eigenvalue weighted by atomic mass is 35.5. The molecule has 0 radical (unpaired) electrons. The lowest BCUT2D eigenvalue weighted by molar-refractivity contribution is 0.0953. The Morgan fingerprint density at radius 2 is 2.00 bits per heavy atom. The molecule has 0 aromatic heterocycles. The van der Waals surface area contributed by atoms with E-state index in [0.717, 1.165) is 12.8 Å². The summed E-state index contributed by atoms with van der Waals surface area (Å²) >= 11 is 11.7. The summed E-state index contributed by atoms with van der Waals surface area (Å²) in [6.45, 7) is 1.23. The van der Waals surface area contributed by atoms with Crippen molar-refractivity contribution >= 4 is 41.5 Å². The van der Waals surface area contributed by atoms with E-state index in [0.29, 0.717) is 28.7 Å². The third-order valence-corrected chi connectivity index (χ3v) is 2.93. The van der Waals surface area contributed by atoms with E-state index >= 15 is 0 Å². The molecule has 0 aliphatic rings. The van der Waals surface area contributed by atoms with Crippen LogP contribution in [-0.4, -0.2) is 19.0 Å². The first-order valence-electron chi connectivity index (χ1n) is 5.09. The molecule has 0 heterocycles. The number of hydrogen-bond donors (Lipinski definition) is 2. The SMILES string of the molecule is Cl.NCCCCNC(=O)c1cccc(Cl)c1Cl. The number of halogens is 3. The standard InChI is InChI=1S/C11H14Cl2N2O.ClH/c12-9-5-3-4-8(10(9)13)11(16)15-7-2-1-6-14;/h3-5H,1-2,6-7,14H2,(H,15,16);1H. The van der Waals surface area contributed by atoms with Crippen molar-refractivity contribution in [2.45, 2.75) is 12.8 Å². The molecule has 0 aliphatic heterocycles. The minimum absolute atomic E-state index is 0. The highest BCUT2D eigenvalue weighted by molar-refractivity contribution is 6.43. The van der Waals surface area contributed by atoms with Gasteiger partial charge in [-0.05, 0) is 31.5 Å². The molecular weight excluding hydrogens is 282 g/mol. The van der Waals surface area contributed by atoms with Crippen LogP contribution in [0.3, 0.4) is 0 Å². The molecule has 0 aliphatic carbocycles. The van der Waals surface area contributed by atoms with Crippen LogP contribution in [-0.2, 0) is 0 Å².